The molecule has 1 rings (SSSR count). The van der Waals surface area contributed by atoms with E-state index in [1.54, 1.807) is 16.7 Å². The standard InChI is InChI=1S/C12H22N2O3S/c1-3-9(8-18-2)13-12(17)14-6-4-5-10(14)7-11(15)16/h9-10H,3-8H2,1-2H3,(H,13,17)(H,15,16). The van der Waals surface area contributed by atoms with Gasteiger partial charge in [-0.05, 0) is 25.5 Å². The molecule has 2 atom stereocenters. The third-order valence-corrected chi connectivity index (χ3v) is 3.97. The summed E-state index contributed by atoms with van der Waals surface area (Å²) in [6.07, 6.45) is 4.64. The maximum Gasteiger partial charge on any atom is 0.317 e. The van der Waals surface area contributed by atoms with Crippen molar-refractivity contribution in [2.45, 2.75) is 44.7 Å². The van der Waals surface area contributed by atoms with Crippen molar-refractivity contribution in [3.05, 3.63) is 0 Å². The van der Waals surface area contributed by atoms with E-state index in [0.29, 0.717) is 6.54 Å². The molecule has 0 radical (unpaired) electrons. The first kappa shape index (κ1) is 15.1. The van der Waals surface area contributed by atoms with Crippen LogP contribution >= 0.6 is 11.8 Å². The van der Waals surface area contributed by atoms with Crippen molar-refractivity contribution in [2.75, 3.05) is 18.6 Å². The van der Waals surface area contributed by atoms with Crippen LogP contribution in [0.1, 0.15) is 32.6 Å². The lowest BCUT2D eigenvalue weighted by atomic mass is 10.1. The lowest BCUT2D eigenvalue weighted by molar-refractivity contribution is -0.137. The zero-order valence-electron chi connectivity index (χ0n) is 11.0. The molecule has 0 aromatic rings. The summed E-state index contributed by atoms with van der Waals surface area (Å²) in [6.45, 7) is 2.71. The highest BCUT2D eigenvalue weighted by atomic mass is 32.2. The van der Waals surface area contributed by atoms with E-state index in [0.717, 1.165) is 25.0 Å². The number of carboxylic acids is 1. The van der Waals surface area contributed by atoms with Gasteiger partial charge < -0.3 is 15.3 Å². The maximum absolute atomic E-state index is 12.1. The summed E-state index contributed by atoms with van der Waals surface area (Å²) in [5.41, 5.74) is 0. The molecule has 2 amide bonds. The van der Waals surface area contributed by atoms with Gasteiger partial charge in [-0.3, -0.25) is 4.79 Å². The molecule has 0 spiro atoms. The van der Waals surface area contributed by atoms with Gasteiger partial charge in [0.25, 0.3) is 0 Å². The number of carboxylic acid groups (broad SMARTS) is 1. The highest BCUT2D eigenvalue weighted by Crippen LogP contribution is 2.20. The van der Waals surface area contributed by atoms with E-state index in [1.165, 1.54) is 0 Å². The van der Waals surface area contributed by atoms with Crippen LogP contribution < -0.4 is 5.32 Å². The second kappa shape index (κ2) is 7.51. The van der Waals surface area contributed by atoms with Crippen LogP contribution in [0.5, 0.6) is 0 Å². The minimum absolute atomic E-state index is 0.0484. The molecule has 6 heteroatoms. The third kappa shape index (κ3) is 4.40. The summed E-state index contributed by atoms with van der Waals surface area (Å²) in [5, 5.41) is 11.8. The molecule has 0 aromatic carbocycles. The van der Waals surface area contributed by atoms with Crippen LogP contribution in [0.2, 0.25) is 0 Å². The summed E-state index contributed by atoms with van der Waals surface area (Å²) in [7, 11) is 0. The van der Waals surface area contributed by atoms with Crippen molar-refractivity contribution < 1.29 is 14.7 Å². The number of hydrogen-bond donors (Lipinski definition) is 2. The highest BCUT2D eigenvalue weighted by molar-refractivity contribution is 7.98. The Morgan fingerprint density at radius 1 is 1.56 bits per heavy atom. The van der Waals surface area contributed by atoms with Crippen molar-refractivity contribution >= 4 is 23.8 Å². The number of urea groups is 1. The van der Waals surface area contributed by atoms with Gasteiger partial charge in [0.1, 0.15) is 0 Å². The molecule has 2 N–H and O–H groups in total. The van der Waals surface area contributed by atoms with Crippen LogP contribution in [0.3, 0.4) is 0 Å². The molecule has 2 unspecified atom stereocenters. The normalized spacial score (nSPS) is 20.8. The summed E-state index contributed by atoms with van der Waals surface area (Å²) in [5.74, 6) is 0.0514. The quantitative estimate of drug-likeness (QED) is 0.774. The number of carbonyl (C=O) groups is 2. The zero-order chi connectivity index (χ0) is 13.5. The molecular formula is C12H22N2O3S. The first-order chi connectivity index (χ1) is 8.58. The Labute approximate surface area is 112 Å². The minimum Gasteiger partial charge on any atom is -0.481 e. The molecule has 18 heavy (non-hydrogen) atoms. The predicted molar refractivity (Wildman–Crippen MR) is 73.0 cm³/mol. The SMILES string of the molecule is CCC(CSC)NC(=O)N1CCCC1CC(=O)O. The van der Waals surface area contributed by atoms with Gasteiger partial charge in [-0.1, -0.05) is 6.92 Å². The van der Waals surface area contributed by atoms with Crippen LogP contribution in [0.25, 0.3) is 0 Å². The molecule has 104 valence electrons. The first-order valence-corrected chi connectivity index (χ1v) is 7.75. The van der Waals surface area contributed by atoms with Crippen molar-refractivity contribution in [1.82, 2.24) is 10.2 Å². The molecule has 1 fully saturated rings. The fourth-order valence-electron chi connectivity index (χ4n) is 2.24. The molecule has 5 nitrogen and oxygen atoms in total. The second-order valence-corrected chi connectivity index (χ2v) is 5.51. The molecule has 1 aliphatic rings. The lowest BCUT2D eigenvalue weighted by Gasteiger charge is -2.26. The summed E-state index contributed by atoms with van der Waals surface area (Å²) in [6, 6.07) is -0.0903. The molecule has 0 aliphatic carbocycles. The van der Waals surface area contributed by atoms with E-state index in [4.69, 9.17) is 5.11 Å². The number of nitrogens with zero attached hydrogens (tertiary/aromatic N) is 1. The van der Waals surface area contributed by atoms with Crippen LogP contribution in [0.15, 0.2) is 0 Å². The topological polar surface area (TPSA) is 69.6 Å². The number of amides is 2. The van der Waals surface area contributed by atoms with Gasteiger partial charge in [-0.15, -0.1) is 0 Å². The van der Waals surface area contributed by atoms with Crippen LogP contribution in [-0.2, 0) is 4.79 Å². The predicted octanol–water partition coefficient (Wildman–Crippen LogP) is 1.78. The number of rotatable bonds is 6. The Hall–Kier alpha value is -0.910. The average molecular weight is 274 g/mol. The average Bonchev–Trinajstić information content (AvgIpc) is 2.75. The van der Waals surface area contributed by atoms with Gasteiger partial charge in [-0.25, -0.2) is 4.79 Å². The molecule has 1 saturated heterocycles. The van der Waals surface area contributed by atoms with Crippen LogP contribution in [0.4, 0.5) is 4.79 Å². The number of thioether (sulfide) groups is 1. The Kier molecular flexibility index (Phi) is 6.32. The molecular weight excluding hydrogens is 252 g/mol. The summed E-state index contributed by atoms with van der Waals surface area (Å²) < 4.78 is 0. The van der Waals surface area contributed by atoms with Gasteiger partial charge >= 0.3 is 12.0 Å². The van der Waals surface area contributed by atoms with Gasteiger partial charge in [0.2, 0.25) is 0 Å². The van der Waals surface area contributed by atoms with Crippen LogP contribution in [-0.4, -0.2) is 52.6 Å². The first-order valence-electron chi connectivity index (χ1n) is 6.36. The Morgan fingerprint density at radius 3 is 2.83 bits per heavy atom. The highest BCUT2D eigenvalue weighted by Gasteiger charge is 2.30. The van der Waals surface area contributed by atoms with E-state index in [-0.39, 0.29) is 24.5 Å². The molecule has 1 heterocycles. The smallest absolute Gasteiger partial charge is 0.317 e. The van der Waals surface area contributed by atoms with Gasteiger partial charge in [-0.2, -0.15) is 11.8 Å². The van der Waals surface area contributed by atoms with E-state index in [9.17, 15) is 9.59 Å². The third-order valence-electron chi connectivity index (χ3n) is 3.24. The van der Waals surface area contributed by atoms with Crippen molar-refractivity contribution in [1.29, 1.82) is 0 Å². The van der Waals surface area contributed by atoms with Crippen LogP contribution in [0, 0.1) is 0 Å². The molecule has 1 aliphatic heterocycles. The minimum atomic E-state index is -0.837. The Bertz CT molecular complexity index is 299. The fourth-order valence-corrected chi connectivity index (χ4v) is 2.96. The van der Waals surface area contributed by atoms with E-state index in [1.807, 2.05) is 13.2 Å². The number of hydrogen-bond acceptors (Lipinski definition) is 3. The summed E-state index contributed by atoms with van der Waals surface area (Å²) >= 11 is 1.70. The number of likely N-dealkylation sites (tertiary alicyclic amines) is 1. The zero-order valence-corrected chi connectivity index (χ0v) is 11.8. The van der Waals surface area contributed by atoms with Crippen molar-refractivity contribution in [3.63, 3.8) is 0 Å². The second-order valence-electron chi connectivity index (χ2n) is 4.60. The van der Waals surface area contributed by atoms with Gasteiger partial charge in [0.05, 0.1) is 6.42 Å². The Morgan fingerprint density at radius 2 is 2.28 bits per heavy atom. The van der Waals surface area contributed by atoms with Crippen molar-refractivity contribution in [3.8, 4) is 0 Å². The molecule has 0 bridgehead atoms. The monoisotopic (exact) mass is 274 g/mol. The Balaban J connectivity index is 2.51. The van der Waals surface area contributed by atoms with E-state index in [2.05, 4.69) is 5.32 Å². The number of carbonyl (C=O) groups excluding carboxylic acids is 1. The van der Waals surface area contributed by atoms with E-state index >= 15 is 0 Å². The van der Waals surface area contributed by atoms with Crippen molar-refractivity contribution in [2.24, 2.45) is 0 Å². The maximum atomic E-state index is 12.1. The van der Waals surface area contributed by atoms with E-state index < -0.39 is 5.97 Å². The van der Waals surface area contributed by atoms with Gasteiger partial charge in [0, 0.05) is 24.4 Å². The summed E-state index contributed by atoms with van der Waals surface area (Å²) in [4.78, 5) is 24.5. The molecule has 0 aromatic heterocycles. The largest absolute Gasteiger partial charge is 0.481 e. The lowest BCUT2D eigenvalue weighted by Crippen LogP contribution is -2.47. The molecule has 0 saturated carbocycles. The van der Waals surface area contributed by atoms with Gasteiger partial charge in [0.15, 0.2) is 0 Å². The number of aliphatic carboxylic acids is 1. The number of nitrogens with one attached hydrogen (secondary N) is 1. The fraction of sp³-hybridized carbons (Fsp3) is 0.833.